The molecule has 0 saturated heterocycles. The number of carboxylic acids is 1. The summed E-state index contributed by atoms with van der Waals surface area (Å²) in [6, 6.07) is 0. The van der Waals surface area contributed by atoms with E-state index >= 15 is 0 Å². The number of likely N-dealkylation sites (N-methyl/N-ethyl adjacent to an activating group) is 1. The molecule has 0 radical (unpaired) electrons. The van der Waals surface area contributed by atoms with Crippen LogP contribution in [0.4, 0.5) is 0 Å². The molecule has 2 atom stereocenters. The number of nitrogens with one attached hydrogen (secondary N) is 1. The molecule has 18 heavy (non-hydrogen) atoms. The van der Waals surface area contributed by atoms with E-state index in [-0.39, 0.29) is 5.25 Å². The lowest BCUT2D eigenvalue weighted by atomic mass is 9.96. The van der Waals surface area contributed by atoms with Gasteiger partial charge in [-0.15, -0.1) is 11.3 Å². The van der Waals surface area contributed by atoms with E-state index in [0.29, 0.717) is 13.0 Å². The quantitative estimate of drug-likeness (QED) is 0.755. The van der Waals surface area contributed by atoms with Crippen molar-refractivity contribution in [1.29, 1.82) is 0 Å². The van der Waals surface area contributed by atoms with Gasteiger partial charge in [0, 0.05) is 16.3 Å². The van der Waals surface area contributed by atoms with Gasteiger partial charge < -0.3 is 10.4 Å². The van der Waals surface area contributed by atoms with Crippen LogP contribution >= 0.6 is 23.1 Å². The molecule has 1 heterocycles. The zero-order valence-electron chi connectivity index (χ0n) is 11.2. The Hall–Kier alpha value is -0.590. The molecular weight excluding hydrogens is 268 g/mol. The van der Waals surface area contributed by atoms with E-state index in [4.69, 9.17) is 0 Å². The average molecular weight is 288 g/mol. The lowest BCUT2D eigenvalue weighted by Gasteiger charge is -2.28. The molecule has 1 rings (SSSR count). The first-order valence-corrected chi connectivity index (χ1v) is 7.70. The monoisotopic (exact) mass is 288 g/mol. The molecule has 0 amide bonds. The number of aliphatic carboxylic acids is 1. The van der Waals surface area contributed by atoms with Gasteiger partial charge in [0.15, 0.2) is 0 Å². The van der Waals surface area contributed by atoms with Crippen LogP contribution in [0.3, 0.4) is 0 Å². The summed E-state index contributed by atoms with van der Waals surface area (Å²) in [5.74, 6) is -0.799. The van der Waals surface area contributed by atoms with Crippen LogP contribution in [0, 0.1) is 6.92 Å². The van der Waals surface area contributed by atoms with Crippen molar-refractivity contribution in [2.24, 2.45) is 0 Å². The smallest absolute Gasteiger partial charge is 0.323 e. The first-order chi connectivity index (χ1) is 8.37. The zero-order valence-corrected chi connectivity index (χ0v) is 12.8. The highest BCUT2D eigenvalue weighted by atomic mass is 32.2. The van der Waals surface area contributed by atoms with Crippen LogP contribution in [0.25, 0.3) is 0 Å². The Morgan fingerprint density at radius 3 is 2.83 bits per heavy atom. The fourth-order valence-electron chi connectivity index (χ4n) is 1.80. The van der Waals surface area contributed by atoms with Crippen LogP contribution in [0.5, 0.6) is 0 Å². The van der Waals surface area contributed by atoms with E-state index < -0.39 is 11.5 Å². The fraction of sp³-hybridized carbons (Fsp3) is 0.667. The van der Waals surface area contributed by atoms with Gasteiger partial charge in [-0.05, 0) is 26.8 Å². The predicted molar refractivity (Wildman–Crippen MR) is 76.5 cm³/mol. The first-order valence-electron chi connectivity index (χ1n) is 5.94. The van der Waals surface area contributed by atoms with Gasteiger partial charge in [0.25, 0.3) is 0 Å². The van der Waals surface area contributed by atoms with Crippen LogP contribution in [0.2, 0.25) is 0 Å². The van der Waals surface area contributed by atoms with Crippen molar-refractivity contribution in [1.82, 2.24) is 10.3 Å². The molecular formula is C12H20N2O2S2. The fourth-order valence-corrected chi connectivity index (χ4v) is 4.14. The molecule has 2 unspecified atom stereocenters. The average Bonchev–Trinajstić information content (AvgIpc) is 2.63. The van der Waals surface area contributed by atoms with Crippen LogP contribution in [-0.4, -0.2) is 33.4 Å². The standard InChI is InChI=1S/C12H20N2O2S2/c1-5-13-12(4,10(15)16)6-9(3)18-11-14-8(2)7-17-11/h7,9,13H,5-6H2,1-4H3,(H,15,16). The number of aryl methyl sites for hydroxylation is 1. The minimum Gasteiger partial charge on any atom is -0.480 e. The van der Waals surface area contributed by atoms with Gasteiger partial charge >= 0.3 is 5.97 Å². The molecule has 0 aliphatic heterocycles. The minimum atomic E-state index is -0.868. The Kier molecular flexibility index (Phi) is 5.62. The molecule has 2 N–H and O–H groups in total. The Balaban J connectivity index is 2.61. The van der Waals surface area contributed by atoms with Crippen molar-refractivity contribution < 1.29 is 9.90 Å². The molecule has 6 heteroatoms. The van der Waals surface area contributed by atoms with Crippen molar-refractivity contribution >= 4 is 29.1 Å². The molecule has 0 fully saturated rings. The normalized spacial score (nSPS) is 16.2. The van der Waals surface area contributed by atoms with E-state index in [1.54, 1.807) is 30.0 Å². The largest absolute Gasteiger partial charge is 0.480 e. The van der Waals surface area contributed by atoms with E-state index in [1.165, 1.54) is 0 Å². The van der Waals surface area contributed by atoms with E-state index in [9.17, 15) is 9.90 Å². The summed E-state index contributed by atoms with van der Waals surface area (Å²) in [5, 5.41) is 14.6. The maximum Gasteiger partial charge on any atom is 0.323 e. The predicted octanol–water partition coefficient (Wildman–Crippen LogP) is 2.78. The molecule has 0 aliphatic rings. The third-order valence-corrected chi connectivity index (χ3v) is 4.83. The van der Waals surface area contributed by atoms with Gasteiger partial charge in [-0.2, -0.15) is 0 Å². The van der Waals surface area contributed by atoms with Gasteiger partial charge in [0.2, 0.25) is 0 Å². The third-order valence-electron chi connectivity index (χ3n) is 2.63. The number of carboxylic acid groups (broad SMARTS) is 1. The lowest BCUT2D eigenvalue weighted by Crippen LogP contribution is -2.50. The Labute approximate surface area is 116 Å². The van der Waals surface area contributed by atoms with Crippen molar-refractivity contribution in [2.45, 2.75) is 49.2 Å². The summed E-state index contributed by atoms with van der Waals surface area (Å²) in [5.41, 5.74) is 0.149. The second kappa shape index (κ2) is 6.54. The Morgan fingerprint density at radius 2 is 2.39 bits per heavy atom. The van der Waals surface area contributed by atoms with Crippen molar-refractivity contribution in [3.05, 3.63) is 11.1 Å². The van der Waals surface area contributed by atoms with Crippen LogP contribution in [0.15, 0.2) is 9.72 Å². The number of aromatic nitrogens is 1. The number of hydrogen-bond acceptors (Lipinski definition) is 5. The van der Waals surface area contributed by atoms with Crippen LogP contribution < -0.4 is 5.32 Å². The SMILES string of the molecule is CCNC(C)(CC(C)Sc1nc(C)cs1)C(=O)O. The first kappa shape index (κ1) is 15.5. The molecule has 0 aliphatic carbocycles. The van der Waals surface area contributed by atoms with E-state index in [2.05, 4.69) is 10.3 Å². The summed E-state index contributed by atoms with van der Waals surface area (Å²) in [4.78, 5) is 15.7. The second-order valence-corrected chi connectivity index (χ2v) is 7.10. The molecule has 0 saturated carbocycles. The highest BCUT2D eigenvalue weighted by molar-refractivity contribution is 8.01. The van der Waals surface area contributed by atoms with Crippen LogP contribution in [-0.2, 0) is 4.79 Å². The Bertz CT molecular complexity index is 409. The van der Waals surface area contributed by atoms with Gasteiger partial charge in [-0.25, -0.2) is 4.98 Å². The van der Waals surface area contributed by atoms with Gasteiger partial charge in [-0.1, -0.05) is 25.6 Å². The summed E-state index contributed by atoms with van der Waals surface area (Å²) in [6.07, 6.45) is 0.569. The highest BCUT2D eigenvalue weighted by Crippen LogP contribution is 2.31. The molecule has 0 spiro atoms. The number of rotatable bonds is 7. The van der Waals surface area contributed by atoms with Gasteiger partial charge in [0.05, 0.1) is 0 Å². The molecule has 0 aromatic carbocycles. The number of nitrogens with zero attached hydrogens (tertiary/aromatic N) is 1. The summed E-state index contributed by atoms with van der Waals surface area (Å²) in [6.45, 7) is 8.31. The van der Waals surface area contributed by atoms with E-state index in [1.807, 2.05) is 26.2 Å². The zero-order chi connectivity index (χ0) is 13.8. The second-order valence-electron chi connectivity index (χ2n) is 4.55. The number of thiazole rings is 1. The molecule has 1 aromatic heterocycles. The maximum atomic E-state index is 11.3. The topological polar surface area (TPSA) is 62.2 Å². The number of thioether (sulfide) groups is 1. The molecule has 1 aromatic rings. The Morgan fingerprint density at radius 1 is 1.72 bits per heavy atom. The number of carbonyl (C=O) groups is 1. The van der Waals surface area contributed by atoms with Crippen molar-refractivity contribution in [3.63, 3.8) is 0 Å². The van der Waals surface area contributed by atoms with Crippen molar-refractivity contribution in [2.75, 3.05) is 6.54 Å². The minimum absolute atomic E-state index is 0.204. The highest BCUT2D eigenvalue weighted by Gasteiger charge is 2.34. The summed E-state index contributed by atoms with van der Waals surface area (Å²) < 4.78 is 1.00. The van der Waals surface area contributed by atoms with Crippen molar-refractivity contribution in [3.8, 4) is 0 Å². The third kappa shape index (κ3) is 4.26. The molecule has 4 nitrogen and oxygen atoms in total. The maximum absolute atomic E-state index is 11.3. The van der Waals surface area contributed by atoms with Gasteiger partial charge in [-0.3, -0.25) is 4.79 Å². The molecule has 0 bridgehead atoms. The molecule has 102 valence electrons. The van der Waals surface area contributed by atoms with Crippen LogP contribution in [0.1, 0.15) is 32.9 Å². The van der Waals surface area contributed by atoms with Gasteiger partial charge in [0.1, 0.15) is 9.88 Å². The lowest BCUT2D eigenvalue weighted by molar-refractivity contribution is -0.144. The summed E-state index contributed by atoms with van der Waals surface area (Å²) in [7, 11) is 0. The van der Waals surface area contributed by atoms with E-state index in [0.717, 1.165) is 10.0 Å². The number of hydrogen-bond donors (Lipinski definition) is 2. The summed E-state index contributed by atoms with van der Waals surface area (Å²) >= 11 is 3.25.